The van der Waals surface area contributed by atoms with Crippen molar-refractivity contribution in [1.29, 1.82) is 0 Å². The monoisotopic (exact) mass is 259 g/mol. The van der Waals surface area contributed by atoms with Crippen LogP contribution in [0.5, 0.6) is 0 Å². The van der Waals surface area contributed by atoms with Gasteiger partial charge in [-0.05, 0) is 37.6 Å². The van der Waals surface area contributed by atoms with Gasteiger partial charge in [0.2, 0.25) is 0 Å². The van der Waals surface area contributed by atoms with Crippen molar-refractivity contribution in [3.8, 4) is 0 Å². The van der Waals surface area contributed by atoms with E-state index in [0.717, 1.165) is 18.5 Å². The number of piperidine rings is 1. The molecule has 1 aromatic heterocycles. The quantitative estimate of drug-likeness (QED) is 0.732. The Morgan fingerprint density at radius 3 is 2.84 bits per heavy atom. The van der Waals surface area contributed by atoms with E-state index in [4.69, 9.17) is 0 Å². The Bertz CT molecular complexity index is 650. The Morgan fingerprint density at radius 1 is 1.21 bits per heavy atom. The van der Waals surface area contributed by atoms with Gasteiger partial charge in [-0.25, -0.2) is 4.79 Å². The summed E-state index contributed by atoms with van der Waals surface area (Å²) in [7, 11) is 0. The van der Waals surface area contributed by atoms with Crippen molar-refractivity contribution in [2.75, 3.05) is 6.54 Å². The fraction of sp³-hybridized carbons (Fsp3) is 0.429. The molecule has 0 saturated carbocycles. The lowest BCUT2D eigenvalue weighted by molar-refractivity contribution is 0.0964. The van der Waals surface area contributed by atoms with Crippen LogP contribution in [0.3, 0.4) is 0 Å². The van der Waals surface area contributed by atoms with Crippen molar-refractivity contribution in [2.24, 2.45) is 0 Å². The smallest absolute Gasteiger partial charge is 0.314 e. The van der Waals surface area contributed by atoms with E-state index in [1.54, 1.807) is 18.2 Å². The van der Waals surface area contributed by atoms with Crippen LogP contribution in [0.1, 0.15) is 36.0 Å². The predicted molar refractivity (Wildman–Crippen MR) is 73.5 cm³/mol. The molecular weight excluding hydrogens is 242 g/mol. The SMILES string of the molecule is O=C(CC1CCCCN1)c1ccc2[nH]c(=O)[nH]c2c1. The first kappa shape index (κ1) is 12.2. The second kappa shape index (κ2) is 5.01. The molecule has 0 aliphatic carbocycles. The molecule has 1 aliphatic rings. The third-order valence-electron chi connectivity index (χ3n) is 3.68. The maximum Gasteiger partial charge on any atom is 0.323 e. The topological polar surface area (TPSA) is 77.8 Å². The maximum atomic E-state index is 12.2. The van der Waals surface area contributed by atoms with Gasteiger partial charge < -0.3 is 15.3 Å². The molecule has 2 heterocycles. The molecule has 3 rings (SSSR count). The van der Waals surface area contributed by atoms with E-state index >= 15 is 0 Å². The molecule has 1 atom stereocenters. The molecule has 0 bridgehead atoms. The fourth-order valence-electron chi connectivity index (χ4n) is 2.65. The van der Waals surface area contributed by atoms with Gasteiger partial charge in [-0.3, -0.25) is 4.79 Å². The number of imidazole rings is 1. The number of aromatic amines is 2. The fourth-order valence-corrected chi connectivity index (χ4v) is 2.65. The number of aromatic nitrogens is 2. The number of carbonyl (C=O) groups is 1. The minimum absolute atomic E-state index is 0.128. The summed E-state index contributed by atoms with van der Waals surface area (Å²) in [5.41, 5.74) is 1.84. The lowest BCUT2D eigenvalue weighted by Gasteiger charge is -2.22. The van der Waals surface area contributed by atoms with Gasteiger partial charge in [-0.1, -0.05) is 6.42 Å². The number of hydrogen-bond donors (Lipinski definition) is 3. The van der Waals surface area contributed by atoms with Crippen LogP contribution in [0.2, 0.25) is 0 Å². The molecule has 0 amide bonds. The number of fused-ring (bicyclic) bond motifs is 1. The highest BCUT2D eigenvalue weighted by Crippen LogP contribution is 2.16. The lowest BCUT2D eigenvalue weighted by atomic mass is 9.97. The molecule has 3 N–H and O–H groups in total. The Labute approximate surface area is 110 Å². The summed E-state index contributed by atoms with van der Waals surface area (Å²) in [5.74, 6) is 0.128. The molecule has 5 heteroatoms. The van der Waals surface area contributed by atoms with E-state index in [9.17, 15) is 9.59 Å². The van der Waals surface area contributed by atoms with E-state index in [1.807, 2.05) is 0 Å². The lowest BCUT2D eigenvalue weighted by Crippen LogP contribution is -2.35. The van der Waals surface area contributed by atoms with Crippen LogP contribution in [-0.2, 0) is 0 Å². The first-order valence-electron chi connectivity index (χ1n) is 6.71. The number of benzene rings is 1. The summed E-state index contributed by atoms with van der Waals surface area (Å²) in [6.45, 7) is 1.00. The van der Waals surface area contributed by atoms with Crippen LogP contribution < -0.4 is 11.0 Å². The minimum Gasteiger partial charge on any atom is -0.314 e. The van der Waals surface area contributed by atoms with E-state index in [0.29, 0.717) is 23.5 Å². The van der Waals surface area contributed by atoms with Gasteiger partial charge in [-0.15, -0.1) is 0 Å². The van der Waals surface area contributed by atoms with Crippen LogP contribution >= 0.6 is 0 Å². The second-order valence-electron chi connectivity index (χ2n) is 5.11. The molecule has 19 heavy (non-hydrogen) atoms. The summed E-state index contributed by atoms with van der Waals surface area (Å²) in [4.78, 5) is 28.8. The van der Waals surface area contributed by atoms with Gasteiger partial charge in [0, 0.05) is 18.0 Å². The zero-order valence-electron chi connectivity index (χ0n) is 10.7. The van der Waals surface area contributed by atoms with Gasteiger partial charge in [0.1, 0.15) is 0 Å². The zero-order valence-corrected chi connectivity index (χ0v) is 10.7. The summed E-state index contributed by atoms with van der Waals surface area (Å²) < 4.78 is 0. The van der Waals surface area contributed by atoms with Crippen LogP contribution in [0.4, 0.5) is 0 Å². The van der Waals surface area contributed by atoms with Crippen molar-refractivity contribution >= 4 is 16.8 Å². The van der Waals surface area contributed by atoms with Crippen molar-refractivity contribution < 1.29 is 4.79 Å². The highest BCUT2D eigenvalue weighted by Gasteiger charge is 2.17. The number of nitrogens with one attached hydrogen (secondary N) is 3. The van der Waals surface area contributed by atoms with Gasteiger partial charge in [0.25, 0.3) is 0 Å². The van der Waals surface area contributed by atoms with Crippen molar-refractivity contribution in [1.82, 2.24) is 15.3 Å². The maximum absolute atomic E-state index is 12.2. The van der Waals surface area contributed by atoms with E-state index in [1.165, 1.54) is 12.8 Å². The van der Waals surface area contributed by atoms with Crippen molar-refractivity contribution in [3.05, 3.63) is 34.2 Å². The molecule has 1 aliphatic heterocycles. The molecule has 1 aromatic carbocycles. The summed E-state index contributed by atoms with van der Waals surface area (Å²) in [6, 6.07) is 5.59. The number of rotatable bonds is 3. The normalized spacial score (nSPS) is 19.7. The van der Waals surface area contributed by atoms with Crippen molar-refractivity contribution in [2.45, 2.75) is 31.7 Å². The van der Waals surface area contributed by atoms with E-state index < -0.39 is 0 Å². The number of Topliss-reactive ketones (excluding diaryl/α,β-unsaturated/α-hetero) is 1. The first-order valence-corrected chi connectivity index (χ1v) is 6.71. The first-order chi connectivity index (χ1) is 9.22. The molecular formula is C14H17N3O2. The highest BCUT2D eigenvalue weighted by atomic mass is 16.1. The minimum atomic E-state index is -0.242. The second-order valence-corrected chi connectivity index (χ2v) is 5.11. The van der Waals surface area contributed by atoms with Gasteiger partial charge in [-0.2, -0.15) is 0 Å². The van der Waals surface area contributed by atoms with Crippen LogP contribution in [-0.4, -0.2) is 28.3 Å². The molecule has 1 saturated heterocycles. The molecule has 5 nitrogen and oxygen atoms in total. The molecule has 0 spiro atoms. The van der Waals surface area contributed by atoms with Crippen molar-refractivity contribution in [3.63, 3.8) is 0 Å². The van der Waals surface area contributed by atoms with E-state index in [2.05, 4.69) is 15.3 Å². The summed E-state index contributed by atoms with van der Waals surface area (Å²) in [5, 5.41) is 3.38. The van der Waals surface area contributed by atoms with Crippen LogP contribution in [0.25, 0.3) is 11.0 Å². The number of carbonyl (C=O) groups excluding carboxylic acids is 1. The number of hydrogen-bond acceptors (Lipinski definition) is 3. The Morgan fingerprint density at radius 2 is 2.05 bits per heavy atom. The van der Waals surface area contributed by atoms with Gasteiger partial charge in [0.15, 0.2) is 5.78 Å². The Hall–Kier alpha value is -1.88. The molecule has 1 fully saturated rings. The standard InChI is InChI=1S/C14H17N3O2/c18-13(8-10-3-1-2-6-15-10)9-4-5-11-12(7-9)17-14(19)16-11/h4-5,7,10,15H,1-3,6,8H2,(H2,16,17,19). The highest BCUT2D eigenvalue weighted by molar-refractivity contribution is 5.99. The van der Waals surface area contributed by atoms with E-state index in [-0.39, 0.29) is 11.5 Å². The van der Waals surface area contributed by atoms with Gasteiger partial charge >= 0.3 is 5.69 Å². The zero-order chi connectivity index (χ0) is 13.2. The Balaban J connectivity index is 1.78. The molecule has 100 valence electrons. The third kappa shape index (κ3) is 2.61. The molecule has 1 unspecified atom stereocenters. The average molecular weight is 259 g/mol. The van der Waals surface area contributed by atoms with Crippen LogP contribution in [0, 0.1) is 0 Å². The summed E-state index contributed by atoms with van der Waals surface area (Å²) in [6.07, 6.45) is 3.98. The Kier molecular flexibility index (Phi) is 3.21. The largest absolute Gasteiger partial charge is 0.323 e. The van der Waals surface area contributed by atoms with Gasteiger partial charge in [0.05, 0.1) is 11.0 Å². The van der Waals surface area contributed by atoms with Crippen LogP contribution in [0.15, 0.2) is 23.0 Å². The average Bonchev–Trinajstić information content (AvgIpc) is 2.78. The number of ketones is 1. The predicted octanol–water partition coefficient (Wildman–Crippen LogP) is 1.57. The molecule has 0 radical (unpaired) electrons. The third-order valence-corrected chi connectivity index (χ3v) is 3.68. The number of H-pyrrole nitrogens is 2. The summed E-state index contributed by atoms with van der Waals surface area (Å²) >= 11 is 0. The molecule has 2 aromatic rings.